The van der Waals surface area contributed by atoms with E-state index in [1.807, 2.05) is 84.9 Å². The SMILES string of the molecule is COc1ccc([C@@H](NC(=O)COC(=O)C(C)(C)c2ccccc2)c2ccccc2)cc1. The molecular formula is C26H27NO4. The smallest absolute Gasteiger partial charge is 0.316 e. The van der Waals surface area contributed by atoms with Crippen LogP contribution in [0.25, 0.3) is 0 Å². The Morgan fingerprint density at radius 3 is 1.97 bits per heavy atom. The van der Waals surface area contributed by atoms with Crippen molar-refractivity contribution in [3.05, 3.63) is 102 Å². The lowest BCUT2D eigenvalue weighted by Gasteiger charge is -2.24. The molecule has 0 saturated carbocycles. The van der Waals surface area contributed by atoms with Gasteiger partial charge in [-0.1, -0.05) is 72.8 Å². The minimum atomic E-state index is -0.851. The quantitative estimate of drug-likeness (QED) is 0.551. The van der Waals surface area contributed by atoms with Gasteiger partial charge in [0.2, 0.25) is 0 Å². The molecule has 0 aliphatic carbocycles. The minimum absolute atomic E-state index is 0.353. The van der Waals surface area contributed by atoms with Crippen molar-refractivity contribution >= 4 is 11.9 Å². The molecule has 5 nitrogen and oxygen atoms in total. The lowest BCUT2D eigenvalue weighted by molar-refractivity contribution is -0.153. The van der Waals surface area contributed by atoms with E-state index in [0.29, 0.717) is 0 Å². The van der Waals surface area contributed by atoms with Crippen molar-refractivity contribution in [1.82, 2.24) is 5.32 Å². The predicted molar refractivity (Wildman–Crippen MR) is 120 cm³/mol. The molecule has 3 aromatic carbocycles. The highest BCUT2D eigenvalue weighted by Gasteiger charge is 2.32. The first-order valence-electron chi connectivity index (χ1n) is 10.1. The summed E-state index contributed by atoms with van der Waals surface area (Å²) >= 11 is 0. The maximum absolute atomic E-state index is 12.7. The molecule has 0 bridgehead atoms. The highest BCUT2D eigenvalue weighted by molar-refractivity contribution is 5.86. The number of methoxy groups -OCH3 is 1. The number of hydrogen-bond donors (Lipinski definition) is 1. The maximum Gasteiger partial charge on any atom is 0.316 e. The zero-order valence-corrected chi connectivity index (χ0v) is 18.0. The summed E-state index contributed by atoms with van der Waals surface area (Å²) in [6, 6.07) is 26.1. The molecule has 3 rings (SSSR count). The Kier molecular flexibility index (Phi) is 7.08. The number of carbonyl (C=O) groups is 2. The van der Waals surface area contributed by atoms with Crippen molar-refractivity contribution in [2.75, 3.05) is 13.7 Å². The molecule has 0 aliphatic heterocycles. The first kappa shape index (κ1) is 22.1. The third-order valence-electron chi connectivity index (χ3n) is 5.23. The third-order valence-corrected chi connectivity index (χ3v) is 5.23. The van der Waals surface area contributed by atoms with Crippen molar-refractivity contribution < 1.29 is 19.1 Å². The summed E-state index contributed by atoms with van der Waals surface area (Å²) in [5, 5.41) is 2.98. The normalized spacial score (nSPS) is 12.0. The topological polar surface area (TPSA) is 64.6 Å². The van der Waals surface area contributed by atoms with Gasteiger partial charge in [0.1, 0.15) is 5.75 Å². The Hall–Kier alpha value is -3.60. The van der Waals surface area contributed by atoms with Crippen LogP contribution in [-0.2, 0) is 19.7 Å². The van der Waals surface area contributed by atoms with Crippen LogP contribution in [0.3, 0.4) is 0 Å². The van der Waals surface area contributed by atoms with Crippen molar-refractivity contribution in [3.63, 3.8) is 0 Å². The summed E-state index contributed by atoms with van der Waals surface area (Å²) in [4.78, 5) is 25.3. The Morgan fingerprint density at radius 1 is 0.839 bits per heavy atom. The van der Waals surface area contributed by atoms with Gasteiger partial charge in [-0.3, -0.25) is 9.59 Å². The second-order valence-electron chi connectivity index (χ2n) is 7.75. The van der Waals surface area contributed by atoms with Gasteiger partial charge in [-0.05, 0) is 42.7 Å². The van der Waals surface area contributed by atoms with Crippen LogP contribution in [0, 0.1) is 0 Å². The van der Waals surface area contributed by atoms with Gasteiger partial charge in [-0.15, -0.1) is 0 Å². The molecule has 1 amide bonds. The van der Waals surface area contributed by atoms with Gasteiger partial charge < -0.3 is 14.8 Å². The average Bonchev–Trinajstić information content (AvgIpc) is 2.82. The van der Waals surface area contributed by atoms with Crippen LogP contribution in [0.5, 0.6) is 5.75 Å². The molecule has 0 aromatic heterocycles. The molecule has 0 unspecified atom stereocenters. The summed E-state index contributed by atoms with van der Waals surface area (Å²) in [5.41, 5.74) is 1.81. The lowest BCUT2D eigenvalue weighted by atomic mass is 9.85. The van der Waals surface area contributed by atoms with Crippen LogP contribution in [0.2, 0.25) is 0 Å². The molecule has 0 aliphatic rings. The van der Waals surface area contributed by atoms with Crippen LogP contribution >= 0.6 is 0 Å². The van der Waals surface area contributed by atoms with Gasteiger partial charge in [0.05, 0.1) is 18.6 Å². The van der Waals surface area contributed by atoms with Crippen LogP contribution in [0.15, 0.2) is 84.9 Å². The van der Waals surface area contributed by atoms with Gasteiger partial charge in [-0.2, -0.15) is 0 Å². The first-order valence-corrected chi connectivity index (χ1v) is 10.1. The number of benzene rings is 3. The number of hydrogen-bond acceptors (Lipinski definition) is 4. The molecule has 160 valence electrons. The van der Waals surface area contributed by atoms with E-state index in [2.05, 4.69) is 5.32 Å². The molecule has 1 atom stereocenters. The molecule has 0 fully saturated rings. The van der Waals surface area contributed by atoms with Crippen molar-refractivity contribution in [1.29, 1.82) is 0 Å². The zero-order chi connectivity index (χ0) is 22.3. The van der Waals surface area contributed by atoms with E-state index in [1.54, 1.807) is 21.0 Å². The summed E-state index contributed by atoms with van der Waals surface area (Å²) in [6.07, 6.45) is 0. The number of nitrogens with one attached hydrogen (secondary N) is 1. The lowest BCUT2D eigenvalue weighted by Crippen LogP contribution is -2.37. The monoisotopic (exact) mass is 417 g/mol. The second kappa shape index (κ2) is 9.94. The summed E-state index contributed by atoms with van der Waals surface area (Å²) < 4.78 is 10.6. The van der Waals surface area contributed by atoms with E-state index < -0.39 is 11.4 Å². The Morgan fingerprint density at radius 2 is 1.39 bits per heavy atom. The number of ether oxygens (including phenoxy) is 2. The predicted octanol–water partition coefficient (Wildman–Crippen LogP) is 4.42. The molecule has 0 saturated heterocycles. The molecule has 0 radical (unpaired) electrons. The van der Waals surface area contributed by atoms with E-state index in [9.17, 15) is 9.59 Å². The van der Waals surface area contributed by atoms with Crippen LogP contribution in [0.1, 0.15) is 36.6 Å². The Balaban J connectivity index is 1.70. The largest absolute Gasteiger partial charge is 0.497 e. The Labute approximate surface area is 183 Å². The highest BCUT2D eigenvalue weighted by atomic mass is 16.5. The summed E-state index contributed by atoms with van der Waals surface area (Å²) in [6.45, 7) is 3.22. The maximum atomic E-state index is 12.7. The van der Waals surface area contributed by atoms with Crippen molar-refractivity contribution in [3.8, 4) is 5.75 Å². The highest BCUT2D eigenvalue weighted by Crippen LogP contribution is 2.26. The fourth-order valence-corrected chi connectivity index (χ4v) is 3.29. The van der Waals surface area contributed by atoms with Gasteiger partial charge in [0, 0.05) is 0 Å². The fraction of sp³-hybridized carbons (Fsp3) is 0.231. The van der Waals surface area contributed by atoms with E-state index in [-0.39, 0.29) is 18.6 Å². The molecular weight excluding hydrogens is 390 g/mol. The number of carbonyl (C=O) groups excluding carboxylic acids is 2. The van der Waals surface area contributed by atoms with E-state index >= 15 is 0 Å². The Bertz CT molecular complexity index is 999. The van der Waals surface area contributed by atoms with Gasteiger partial charge >= 0.3 is 5.97 Å². The number of esters is 1. The van der Waals surface area contributed by atoms with E-state index in [0.717, 1.165) is 22.4 Å². The molecule has 5 heteroatoms. The fourth-order valence-electron chi connectivity index (χ4n) is 3.29. The van der Waals surface area contributed by atoms with Gasteiger partial charge in [-0.25, -0.2) is 0 Å². The number of amides is 1. The van der Waals surface area contributed by atoms with Crippen LogP contribution in [0.4, 0.5) is 0 Å². The summed E-state index contributed by atoms with van der Waals surface area (Å²) in [7, 11) is 1.61. The van der Waals surface area contributed by atoms with Crippen molar-refractivity contribution in [2.45, 2.75) is 25.3 Å². The van der Waals surface area contributed by atoms with E-state index in [4.69, 9.17) is 9.47 Å². The standard InChI is InChI=1S/C26H27NO4/c1-26(2,21-12-8-5-9-13-21)25(29)31-18-23(28)27-24(19-10-6-4-7-11-19)20-14-16-22(30-3)17-15-20/h4-17,24H,18H2,1-3H3,(H,27,28)/t24-/m0/s1. The molecule has 0 spiro atoms. The van der Waals surface area contributed by atoms with Crippen LogP contribution < -0.4 is 10.1 Å². The number of rotatable bonds is 8. The first-order chi connectivity index (χ1) is 14.9. The second-order valence-corrected chi connectivity index (χ2v) is 7.75. The van der Waals surface area contributed by atoms with E-state index in [1.165, 1.54) is 0 Å². The zero-order valence-electron chi connectivity index (χ0n) is 18.0. The minimum Gasteiger partial charge on any atom is -0.497 e. The average molecular weight is 418 g/mol. The van der Waals surface area contributed by atoms with Crippen LogP contribution in [-0.4, -0.2) is 25.6 Å². The van der Waals surface area contributed by atoms with Gasteiger partial charge in [0.15, 0.2) is 6.61 Å². The van der Waals surface area contributed by atoms with Gasteiger partial charge in [0.25, 0.3) is 5.91 Å². The summed E-state index contributed by atoms with van der Waals surface area (Å²) in [5.74, 6) is -0.0876. The van der Waals surface area contributed by atoms with Crippen molar-refractivity contribution in [2.24, 2.45) is 0 Å². The molecule has 1 N–H and O–H groups in total. The third kappa shape index (κ3) is 5.51. The molecule has 0 heterocycles. The molecule has 31 heavy (non-hydrogen) atoms. The molecule has 3 aromatic rings.